The van der Waals surface area contributed by atoms with Crippen LogP contribution in [-0.4, -0.2) is 36.0 Å². The van der Waals surface area contributed by atoms with E-state index in [-0.39, 0.29) is 6.03 Å². The maximum Gasteiger partial charge on any atom is 0.337 e. The Hall–Kier alpha value is -2.37. The number of carbonyl (C=O) groups excluding carboxylic acids is 2. The monoisotopic (exact) mass is 261 g/mol. The van der Waals surface area contributed by atoms with Crippen LogP contribution >= 0.6 is 0 Å². The van der Waals surface area contributed by atoms with Crippen molar-refractivity contribution < 1.29 is 14.3 Å². The van der Waals surface area contributed by atoms with Crippen molar-refractivity contribution in [2.45, 2.75) is 13.0 Å². The lowest BCUT2D eigenvalue weighted by molar-refractivity contribution is -0.136. The fraction of sp³-hybridized carbons (Fsp3) is 0.308. The van der Waals surface area contributed by atoms with Crippen LogP contribution in [0.5, 0.6) is 0 Å². The molecule has 2 rings (SSSR count). The number of methoxy groups -OCH3 is 1. The van der Waals surface area contributed by atoms with Gasteiger partial charge in [-0.2, -0.15) is 0 Å². The van der Waals surface area contributed by atoms with E-state index < -0.39 is 12.0 Å². The zero-order chi connectivity index (χ0) is 14.0. The molecule has 1 unspecified atom stereocenters. The molecule has 1 atom stereocenters. The minimum atomic E-state index is -0.515. The first-order valence-electron chi connectivity index (χ1n) is 5.79. The second-order valence-electron chi connectivity index (χ2n) is 4.21. The summed E-state index contributed by atoms with van der Waals surface area (Å²) in [7, 11) is 2.93. The molecule has 0 saturated carbocycles. The number of carbonyl (C=O) groups is 2. The van der Waals surface area contributed by atoms with Crippen LogP contribution in [0.1, 0.15) is 18.5 Å². The summed E-state index contributed by atoms with van der Waals surface area (Å²) >= 11 is 0. The molecule has 0 aromatic carbocycles. The van der Waals surface area contributed by atoms with Crippen LogP contribution in [0.2, 0.25) is 0 Å². The molecule has 1 aliphatic heterocycles. The molecule has 0 aliphatic carbocycles. The van der Waals surface area contributed by atoms with Crippen molar-refractivity contribution >= 4 is 12.0 Å². The Morgan fingerprint density at radius 2 is 2.05 bits per heavy atom. The maximum atomic E-state index is 11.9. The van der Waals surface area contributed by atoms with Gasteiger partial charge < -0.3 is 15.0 Å². The van der Waals surface area contributed by atoms with Crippen LogP contribution in [-0.2, 0) is 9.53 Å². The van der Waals surface area contributed by atoms with Gasteiger partial charge in [0.15, 0.2) is 0 Å². The van der Waals surface area contributed by atoms with Crippen molar-refractivity contribution in [1.29, 1.82) is 0 Å². The number of hydrogen-bond donors (Lipinski definition) is 1. The fourth-order valence-electron chi connectivity index (χ4n) is 2.02. The lowest BCUT2D eigenvalue weighted by atomic mass is 9.96. The van der Waals surface area contributed by atoms with Gasteiger partial charge in [0.2, 0.25) is 0 Å². The number of ether oxygens (including phenoxy) is 1. The second-order valence-corrected chi connectivity index (χ2v) is 4.21. The van der Waals surface area contributed by atoms with Crippen LogP contribution in [0.15, 0.2) is 35.8 Å². The van der Waals surface area contributed by atoms with E-state index >= 15 is 0 Å². The van der Waals surface area contributed by atoms with Crippen molar-refractivity contribution in [3.8, 4) is 0 Å². The number of nitrogens with zero attached hydrogens (tertiary/aromatic N) is 2. The highest BCUT2D eigenvalue weighted by Gasteiger charge is 2.34. The van der Waals surface area contributed by atoms with Gasteiger partial charge in [0.1, 0.15) is 0 Å². The fourth-order valence-corrected chi connectivity index (χ4v) is 2.02. The van der Waals surface area contributed by atoms with Crippen molar-refractivity contribution in [3.63, 3.8) is 0 Å². The molecule has 6 heteroatoms. The van der Waals surface area contributed by atoms with Gasteiger partial charge in [-0.1, -0.05) is 0 Å². The Bertz CT molecular complexity index is 539. The van der Waals surface area contributed by atoms with E-state index in [0.29, 0.717) is 11.3 Å². The lowest BCUT2D eigenvalue weighted by Crippen LogP contribution is -2.46. The first-order valence-corrected chi connectivity index (χ1v) is 5.79. The van der Waals surface area contributed by atoms with E-state index in [4.69, 9.17) is 4.74 Å². The van der Waals surface area contributed by atoms with Gasteiger partial charge in [-0.05, 0) is 24.6 Å². The molecule has 19 heavy (non-hydrogen) atoms. The summed E-state index contributed by atoms with van der Waals surface area (Å²) < 4.78 is 4.81. The predicted molar refractivity (Wildman–Crippen MR) is 68.0 cm³/mol. The van der Waals surface area contributed by atoms with Gasteiger partial charge in [-0.25, -0.2) is 9.59 Å². The number of esters is 1. The van der Waals surface area contributed by atoms with E-state index in [9.17, 15) is 9.59 Å². The van der Waals surface area contributed by atoms with Crippen molar-refractivity contribution in [2.24, 2.45) is 0 Å². The molecule has 0 bridgehead atoms. The van der Waals surface area contributed by atoms with E-state index in [1.807, 2.05) is 0 Å². The molecule has 0 fully saturated rings. The molecule has 1 aromatic rings. The summed E-state index contributed by atoms with van der Waals surface area (Å²) in [5.41, 5.74) is 1.80. The molecular formula is C13H15N3O3. The van der Waals surface area contributed by atoms with E-state index in [1.165, 1.54) is 12.0 Å². The van der Waals surface area contributed by atoms with Gasteiger partial charge in [0, 0.05) is 25.1 Å². The number of amides is 2. The largest absolute Gasteiger partial charge is 0.466 e. The quantitative estimate of drug-likeness (QED) is 0.813. The summed E-state index contributed by atoms with van der Waals surface area (Å²) in [6, 6.07) is 2.74. The van der Waals surface area contributed by atoms with Crippen molar-refractivity contribution in [1.82, 2.24) is 15.2 Å². The molecule has 1 N–H and O–H groups in total. The molecule has 1 aromatic heterocycles. The molecule has 100 valence electrons. The van der Waals surface area contributed by atoms with Gasteiger partial charge >= 0.3 is 12.0 Å². The lowest BCUT2D eigenvalue weighted by Gasteiger charge is -2.32. The summed E-state index contributed by atoms with van der Waals surface area (Å²) in [4.78, 5) is 29.1. The Labute approximate surface area is 111 Å². The highest BCUT2D eigenvalue weighted by molar-refractivity contribution is 5.94. The zero-order valence-electron chi connectivity index (χ0n) is 11.0. The van der Waals surface area contributed by atoms with Crippen LogP contribution < -0.4 is 5.32 Å². The standard InChI is InChI=1S/C13H15N3O3/c1-8-10(12(17)19-3)11(15-13(18)16(8)2)9-4-6-14-7-5-9/h4-7,11H,1-3H3,(H,15,18). The summed E-state index contributed by atoms with van der Waals surface area (Å²) in [5, 5.41) is 2.78. The zero-order valence-corrected chi connectivity index (χ0v) is 11.0. The molecule has 6 nitrogen and oxygen atoms in total. The number of nitrogens with one attached hydrogen (secondary N) is 1. The van der Waals surface area contributed by atoms with Crippen LogP contribution in [0.4, 0.5) is 4.79 Å². The third-order valence-corrected chi connectivity index (χ3v) is 3.20. The average Bonchev–Trinajstić information content (AvgIpc) is 2.44. The number of aromatic nitrogens is 1. The predicted octanol–water partition coefficient (Wildman–Crippen LogP) is 1.22. The second kappa shape index (κ2) is 5.09. The van der Waals surface area contributed by atoms with Crippen LogP contribution in [0.3, 0.4) is 0 Å². The highest BCUT2D eigenvalue weighted by atomic mass is 16.5. The Morgan fingerprint density at radius 3 is 2.63 bits per heavy atom. The molecular weight excluding hydrogens is 246 g/mol. The van der Waals surface area contributed by atoms with Crippen LogP contribution in [0.25, 0.3) is 0 Å². The number of allylic oxidation sites excluding steroid dienone is 1. The van der Waals surface area contributed by atoms with E-state index in [0.717, 1.165) is 5.56 Å². The Kier molecular flexibility index (Phi) is 3.50. The molecule has 0 saturated heterocycles. The van der Waals surface area contributed by atoms with Crippen molar-refractivity contribution in [2.75, 3.05) is 14.2 Å². The maximum absolute atomic E-state index is 11.9. The first kappa shape index (κ1) is 13.1. The normalized spacial score (nSPS) is 19.2. The number of urea groups is 1. The number of rotatable bonds is 2. The van der Waals surface area contributed by atoms with E-state index in [1.54, 1.807) is 38.5 Å². The molecule has 1 aliphatic rings. The summed E-state index contributed by atoms with van der Waals surface area (Å²) in [6.45, 7) is 1.72. The minimum Gasteiger partial charge on any atom is -0.466 e. The van der Waals surface area contributed by atoms with Gasteiger partial charge in [-0.3, -0.25) is 4.98 Å². The number of pyridine rings is 1. The van der Waals surface area contributed by atoms with Crippen molar-refractivity contribution in [3.05, 3.63) is 41.4 Å². The highest BCUT2D eigenvalue weighted by Crippen LogP contribution is 2.29. The third-order valence-electron chi connectivity index (χ3n) is 3.20. The smallest absolute Gasteiger partial charge is 0.337 e. The summed E-state index contributed by atoms with van der Waals surface area (Å²) in [6.07, 6.45) is 3.23. The molecule has 2 amide bonds. The average molecular weight is 261 g/mol. The van der Waals surface area contributed by atoms with E-state index in [2.05, 4.69) is 10.3 Å². The first-order chi connectivity index (χ1) is 9.06. The molecule has 0 radical (unpaired) electrons. The Morgan fingerprint density at radius 1 is 1.42 bits per heavy atom. The minimum absolute atomic E-state index is 0.257. The van der Waals surface area contributed by atoms with Gasteiger partial charge in [-0.15, -0.1) is 0 Å². The summed E-state index contributed by atoms with van der Waals surface area (Å²) in [5.74, 6) is -0.453. The number of hydrogen-bond acceptors (Lipinski definition) is 4. The topological polar surface area (TPSA) is 71.5 Å². The van der Waals surface area contributed by atoms with Crippen LogP contribution in [0, 0.1) is 0 Å². The molecule has 2 heterocycles. The van der Waals surface area contributed by atoms with Gasteiger partial charge in [0.05, 0.1) is 18.7 Å². The third kappa shape index (κ3) is 2.29. The Balaban J connectivity index is 2.52. The van der Waals surface area contributed by atoms with Gasteiger partial charge in [0.25, 0.3) is 0 Å². The molecule has 0 spiro atoms. The SMILES string of the molecule is COC(=O)C1=C(C)N(C)C(=O)NC1c1ccncc1.